The molecule has 0 radical (unpaired) electrons. The number of amides is 1. The minimum atomic E-state index is -4.49. The number of carbonyl (C=O) groups is 1. The van der Waals surface area contributed by atoms with E-state index in [2.05, 4.69) is 15.6 Å². The van der Waals surface area contributed by atoms with Crippen molar-refractivity contribution in [1.82, 2.24) is 4.98 Å². The first-order chi connectivity index (χ1) is 12.8. The molecule has 1 heterocycles. The van der Waals surface area contributed by atoms with Crippen LogP contribution in [0, 0.1) is 5.82 Å². The monoisotopic (exact) mass is 375 g/mol. The number of carbonyl (C=O) groups excluding carboxylic acids is 1. The van der Waals surface area contributed by atoms with Gasteiger partial charge in [-0.05, 0) is 42.5 Å². The van der Waals surface area contributed by atoms with Crippen LogP contribution in [0.3, 0.4) is 0 Å². The second kappa shape index (κ2) is 7.45. The molecule has 2 N–H and O–H groups in total. The Morgan fingerprint density at radius 2 is 1.74 bits per heavy atom. The number of nitrogens with zero attached hydrogens (tertiary/aromatic N) is 1. The maximum absolute atomic E-state index is 13.7. The summed E-state index contributed by atoms with van der Waals surface area (Å²) in [5.41, 5.74) is -0.682. The van der Waals surface area contributed by atoms with Gasteiger partial charge in [0, 0.05) is 11.9 Å². The zero-order valence-electron chi connectivity index (χ0n) is 13.7. The molecular weight excluding hydrogens is 362 g/mol. The highest BCUT2D eigenvalue weighted by molar-refractivity contribution is 6.07. The highest BCUT2D eigenvalue weighted by Gasteiger charge is 2.30. The summed E-state index contributed by atoms with van der Waals surface area (Å²) in [6.07, 6.45) is -3.11. The number of para-hydroxylation sites is 1. The van der Waals surface area contributed by atoms with Gasteiger partial charge in [-0.15, -0.1) is 0 Å². The molecule has 0 saturated carbocycles. The van der Waals surface area contributed by atoms with Crippen molar-refractivity contribution in [1.29, 1.82) is 0 Å². The van der Waals surface area contributed by atoms with E-state index in [1.54, 1.807) is 6.07 Å². The van der Waals surface area contributed by atoms with Crippen molar-refractivity contribution in [3.05, 3.63) is 83.8 Å². The van der Waals surface area contributed by atoms with E-state index < -0.39 is 23.5 Å². The van der Waals surface area contributed by atoms with Crippen LogP contribution in [0.15, 0.2) is 66.9 Å². The Balaban J connectivity index is 1.86. The second-order valence-corrected chi connectivity index (χ2v) is 5.54. The number of aromatic nitrogens is 1. The molecule has 0 aliphatic rings. The first kappa shape index (κ1) is 18.4. The predicted molar refractivity (Wildman–Crippen MR) is 93.3 cm³/mol. The van der Waals surface area contributed by atoms with Gasteiger partial charge in [0.05, 0.1) is 16.8 Å². The van der Waals surface area contributed by atoms with Crippen molar-refractivity contribution in [3.8, 4) is 0 Å². The molecule has 2 aromatic carbocycles. The maximum atomic E-state index is 13.7. The molecule has 0 saturated heterocycles. The molecule has 0 bridgehead atoms. The van der Waals surface area contributed by atoms with E-state index in [0.717, 1.165) is 12.1 Å². The van der Waals surface area contributed by atoms with Gasteiger partial charge in [-0.1, -0.05) is 18.2 Å². The largest absolute Gasteiger partial charge is 0.416 e. The molecule has 0 fully saturated rings. The number of anilines is 3. The minimum absolute atomic E-state index is 0.0172. The van der Waals surface area contributed by atoms with E-state index in [1.165, 1.54) is 48.7 Å². The fraction of sp³-hybridized carbons (Fsp3) is 0.0526. The van der Waals surface area contributed by atoms with Crippen LogP contribution in [0.5, 0.6) is 0 Å². The van der Waals surface area contributed by atoms with Gasteiger partial charge in [-0.3, -0.25) is 4.79 Å². The molecular formula is C19H13F4N3O. The average molecular weight is 375 g/mol. The minimum Gasteiger partial charge on any atom is -0.340 e. The van der Waals surface area contributed by atoms with Gasteiger partial charge in [0.15, 0.2) is 0 Å². The van der Waals surface area contributed by atoms with E-state index in [9.17, 15) is 22.4 Å². The van der Waals surface area contributed by atoms with Gasteiger partial charge >= 0.3 is 6.18 Å². The lowest BCUT2D eigenvalue weighted by Gasteiger charge is -2.13. The van der Waals surface area contributed by atoms with Gasteiger partial charge in [0.1, 0.15) is 11.6 Å². The van der Waals surface area contributed by atoms with Gasteiger partial charge in [0.2, 0.25) is 0 Å². The van der Waals surface area contributed by atoms with Crippen LogP contribution in [0.25, 0.3) is 0 Å². The third kappa shape index (κ3) is 4.41. The zero-order valence-corrected chi connectivity index (χ0v) is 13.7. The molecule has 4 nitrogen and oxygen atoms in total. The summed E-state index contributed by atoms with van der Waals surface area (Å²) in [5.74, 6) is -1.21. The third-order valence-electron chi connectivity index (χ3n) is 3.63. The number of hydrogen-bond acceptors (Lipinski definition) is 3. The van der Waals surface area contributed by atoms with Gasteiger partial charge in [0.25, 0.3) is 5.91 Å². The molecule has 3 rings (SSSR count). The highest BCUT2D eigenvalue weighted by Crippen LogP contribution is 2.31. The molecule has 0 unspecified atom stereocenters. The van der Waals surface area contributed by atoms with E-state index in [1.807, 2.05) is 0 Å². The van der Waals surface area contributed by atoms with E-state index in [0.29, 0.717) is 0 Å². The normalized spacial score (nSPS) is 11.1. The van der Waals surface area contributed by atoms with Crippen LogP contribution in [-0.2, 0) is 6.18 Å². The van der Waals surface area contributed by atoms with Crippen LogP contribution in [-0.4, -0.2) is 10.9 Å². The van der Waals surface area contributed by atoms with Crippen LogP contribution in [0.1, 0.15) is 15.9 Å². The van der Waals surface area contributed by atoms with Crippen molar-refractivity contribution < 1.29 is 22.4 Å². The molecule has 1 aromatic heterocycles. The second-order valence-electron chi connectivity index (χ2n) is 5.54. The zero-order chi connectivity index (χ0) is 19.4. The Morgan fingerprint density at radius 3 is 2.48 bits per heavy atom. The summed E-state index contributed by atoms with van der Waals surface area (Å²) in [7, 11) is 0. The summed E-state index contributed by atoms with van der Waals surface area (Å²) in [6, 6.07) is 13.1. The van der Waals surface area contributed by atoms with Gasteiger partial charge in [-0.25, -0.2) is 9.37 Å². The van der Waals surface area contributed by atoms with E-state index >= 15 is 0 Å². The van der Waals surface area contributed by atoms with Gasteiger partial charge in [-0.2, -0.15) is 13.2 Å². The lowest BCUT2D eigenvalue weighted by Crippen LogP contribution is -2.15. The van der Waals surface area contributed by atoms with Crippen molar-refractivity contribution in [2.75, 3.05) is 10.6 Å². The number of hydrogen-bond donors (Lipinski definition) is 2. The van der Waals surface area contributed by atoms with E-state index in [-0.39, 0.29) is 22.8 Å². The Morgan fingerprint density at radius 1 is 0.963 bits per heavy atom. The Labute approximate surface area is 151 Å². The molecule has 0 aliphatic heterocycles. The first-order valence-electron chi connectivity index (χ1n) is 7.80. The van der Waals surface area contributed by atoms with Crippen LogP contribution in [0.4, 0.5) is 34.8 Å². The summed E-state index contributed by atoms with van der Waals surface area (Å²) < 4.78 is 52.3. The number of benzene rings is 2. The summed E-state index contributed by atoms with van der Waals surface area (Å²) >= 11 is 0. The Kier molecular flexibility index (Phi) is 5.07. The fourth-order valence-electron chi connectivity index (χ4n) is 2.35. The molecule has 0 spiro atoms. The number of nitrogens with one attached hydrogen (secondary N) is 2. The molecule has 0 atom stereocenters. The standard InChI is InChI=1S/C19H13F4N3O/c20-15-8-1-2-9-16(15)26-18(27)14-7-4-10-24-17(14)25-13-6-3-5-12(11-13)19(21,22)23/h1-11H,(H,24,25)(H,26,27). The number of halogens is 4. The van der Waals surface area contributed by atoms with Crippen molar-refractivity contribution in [2.45, 2.75) is 6.18 Å². The molecule has 27 heavy (non-hydrogen) atoms. The van der Waals surface area contributed by atoms with Crippen LogP contribution in [0.2, 0.25) is 0 Å². The van der Waals surface area contributed by atoms with Crippen molar-refractivity contribution >= 4 is 23.1 Å². The number of alkyl halides is 3. The highest BCUT2D eigenvalue weighted by atomic mass is 19.4. The molecule has 138 valence electrons. The summed E-state index contributed by atoms with van der Waals surface area (Å²) in [4.78, 5) is 16.5. The molecule has 8 heteroatoms. The van der Waals surface area contributed by atoms with Crippen LogP contribution >= 0.6 is 0 Å². The predicted octanol–water partition coefficient (Wildman–Crippen LogP) is 5.24. The lowest BCUT2D eigenvalue weighted by molar-refractivity contribution is -0.137. The lowest BCUT2D eigenvalue weighted by atomic mass is 10.1. The molecule has 1 amide bonds. The quantitative estimate of drug-likeness (QED) is 0.614. The summed E-state index contributed by atoms with van der Waals surface area (Å²) in [5, 5.41) is 5.11. The number of rotatable bonds is 4. The Bertz CT molecular complexity index is 973. The smallest absolute Gasteiger partial charge is 0.340 e. The molecule has 3 aromatic rings. The SMILES string of the molecule is O=C(Nc1ccccc1F)c1cccnc1Nc1cccc(C(F)(F)F)c1. The van der Waals surface area contributed by atoms with Crippen molar-refractivity contribution in [2.24, 2.45) is 0 Å². The van der Waals surface area contributed by atoms with Crippen LogP contribution < -0.4 is 10.6 Å². The Hall–Kier alpha value is -3.42. The maximum Gasteiger partial charge on any atom is 0.416 e. The fourth-order valence-corrected chi connectivity index (χ4v) is 2.35. The first-order valence-corrected chi connectivity index (χ1v) is 7.80. The number of pyridine rings is 1. The van der Waals surface area contributed by atoms with Gasteiger partial charge < -0.3 is 10.6 Å². The average Bonchev–Trinajstić information content (AvgIpc) is 2.63. The van der Waals surface area contributed by atoms with Crippen molar-refractivity contribution in [3.63, 3.8) is 0 Å². The third-order valence-corrected chi connectivity index (χ3v) is 3.63. The molecule has 0 aliphatic carbocycles. The van der Waals surface area contributed by atoms with E-state index in [4.69, 9.17) is 0 Å². The topological polar surface area (TPSA) is 54.0 Å². The summed E-state index contributed by atoms with van der Waals surface area (Å²) in [6.45, 7) is 0.